The Hall–Kier alpha value is -1.31. The highest BCUT2D eigenvalue weighted by Gasteiger charge is 2.34. The number of hydrogen-bond donors (Lipinski definition) is 0. The molecule has 2 rings (SSSR count). The second-order valence-electron chi connectivity index (χ2n) is 6.20. The number of benzene rings is 1. The van der Waals surface area contributed by atoms with Crippen LogP contribution in [-0.4, -0.2) is 5.97 Å². The molecule has 0 amide bonds. The van der Waals surface area contributed by atoms with E-state index in [1.807, 2.05) is 0 Å². The summed E-state index contributed by atoms with van der Waals surface area (Å²) in [7, 11) is 0. The van der Waals surface area contributed by atoms with E-state index in [0.717, 1.165) is 31.2 Å². The van der Waals surface area contributed by atoms with Gasteiger partial charge in [0.25, 0.3) is 0 Å². The zero-order chi connectivity index (χ0) is 15.1. The van der Waals surface area contributed by atoms with Crippen LogP contribution >= 0.6 is 0 Å². The molecule has 2 heteroatoms. The minimum absolute atomic E-state index is 0.00571. The van der Waals surface area contributed by atoms with Crippen molar-refractivity contribution in [2.45, 2.75) is 71.3 Å². The highest BCUT2D eigenvalue weighted by Crippen LogP contribution is 2.36. The maximum absolute atomic E-state index is 11.9. The smallest absolute Gasteiger partial charge is 0.309 e. The number of aryl methyl sites for hydroxylation is 1. The first-order valence-corrected chi connectivity index (χ1v) is 8.54. The summed E-state index contributed by atoms with van der Waals surface area (Å²) in [5, 5.41) is 0. The van der Waals surface area contributed by atoms with Gasteiger partial charge in [0.1, 0.15) is 6.10 Å². The first kappa shape index (κ1) is 16.1. The lowest BCUT2D eigenvalue weighted by Crippen LogP contribution is -2.06. The van der Waals surface area contributed by atoms with Crippen LogP contribution in [0.1, 0.15) is 76.0 Å². The van der Waals surface area contributed by atoms with Crippen molar-refractivity contribution in [1.82, 2.24) is 0 Å². The Morgan fingerprint density at radius 2 is 1.76 bits per heavy atom. The first-order valence-electron chi connectivity index (χ1n) is 8.54. The number of hydrogen-bond acceptors (Lipinski definition) is 2. The molecule has 0 saturated carbocycles. The van der Waals surface area contributed by atoms with Gasteiger partial charge < -0.3 is 4.74 Å². The average molecular weight is 288 g/mol. The fourth-order valence-electron chi connectivity index (χ4n) is 3.00. The summed E-state index contributed by atoms with van der Waals surface area (Å²) < 4.78 is 5.57. The number of unbranched alkanes of at least 4 members (excludes halogenated alkanes) is 3. The zero-order valence-electron chi connectivity index (χ0n) is 13.4. The van der Waals surface area contributed by atoms with E-state index >= 15 is 0 Å². The molecular formula is C19H28O2. The largest absolute Gasteiger partial charge is 0.457 e. The minimum Gasteiger partial charge on any atom is -0.457 e. The van der Waals surface area contributed by atoms with Gasteiger partial charge in [0, 0.05) is 6.42 Å². The molecule has 1 aliphatic heterocycles. The van der Waals surface area contributed by atoms with Gasteiger partial charge >= 0.3 is 5.97 Å². The van der Waals surface area contributed by atoms with E-state index in [1.165, 1.54) is 31.2 Å². The summed E-state index contributed by atoms with van der Waals surface area (Å²) in [5.41, 5.74) is 2.53. The normalized spacial score (nSPS) is 21.5. The summed E-state index contributed by atoms with van der Waals surface area (Å²) >= 11 is 0. The molecule has 0 N–H and O–H groups in total. The summed E-state index contributed by atoms with van der Waals surface area (Å²) in [6.07, 6.45) is 8.96. The fraction of sp³-hybridized carbons (Fsp3) is 0.632. The molecule has 1 aromatic carbocycles. The molecule has 2 nitrogen and oxygen atoms in total. The van der Waals surface area contributed by atoms with Gasteiger partial charge in [-0.15, -0.1) is 0 Å². The van der Waals surface area contributed by atoms with E-state index in [1.54, 1.807) is 0 Å². The third-order valence-corrected chi connectivity index (χ3v) is 4.42. The average Bonchev–Trinajstić information content (AvgIpc) is 2.87. The highest BCUT2D eigenvalue weighted by molar-refractivity contribution is 5.74. The molecule has 0 spiro atoms. The third-order valence-electron chi connectivity index (χ3n) is 4.42. The van der Waals surface area contributed by atoms with Gasteiger partial charge in [0.05, 0.1) is 5.92 Å². The molecule has 0 radical (unpaired) electrons. The Kier molecular flexibility index (Phi) is 6.28. The van der Waals surface area contributed by atoms with Crippen LogP contribution in [-0.2, 0) is 16.0 Å². The number of ether oxygens (including phenoxy) is 1. The molecule has 1 fully saturated rings. The van der Waals surface area contributed by atoms with Crippen molar-refractivity contribution in [2.75, 3.05) is 0 Å². The van der Waals surface area contributed by atoms with Crippen LogP contribution in [0.2, 0.25) is 0 Å². The summed E-state index contributed by atoms with van der Waals surface area (Å²) in [4.78, 5) is 11.9. The monoisotopic (exact) mass is 288 g/mol. The molecule has 2 atom stereocenters. The molecule has 2 unspecified atom stereocenters. The van der Waals surface area contributed by atoms with Gasteiger partial charge in [-0.2, -0.15) is 0 Å². The minimum atomic E-state index is -0.0237. The van der Waals surface area contributed by atoms with Crippen molar-refractivity contribution < 1.29 is 9.53 Å². The molecule has 0 bridgehead atoms. The summed E-state index contributed by atoms with van der Waals surface area (Å²) in [6.45, 7) is 4.40. The highest BCUT2D eigenvalue weighted by atomic mass is 16.5. The third kappa shape index (κ3) is 4.59. The van der Waals surface area contributed by atoms with Crippen molar-refractivity contribution in [1.29, 1.82) is 0 Å². The number of esters is 1. The maximum atomic E-state index is 11.9. The Labute approximate surface area is 128 Å². The van der Waals surface area contributed by atoms with E-state index in [4.69, 9.17) is 4.74 Å². The Balaban J connectivity index is 1.89. The zero-order valence-corrected chi connectivity index (χ0v) is 13.4. The van der Waals surface area contributed by atoms with E-state index in [0.29, 0.717) is 0 Å². The van der Waals surface area contributed by atoms with E-state index in [-0.39, 0.29) is 18.0 Å². The standard InChI is InChI=1S/C19H28O2/c1-3-5-7-9-17-14-18(21-19(17)20)16-12-10-15(11-13-16)8-6-4-2/h10-13,17-18H,3-9,14H2,1-2H3. The lowest BCUT2D eigenvalue weighted by Gasteiger charge is -2.10. The molecule has 1 saturated heterocycles. The van der Waals surface area contributed by atoms with Crippen LogP contribution in [0.25, 0.3) is 0 Å². The number of rotatable bonds is 8. The topological polar surface area (TPSA) is 26.3 Å². The van der Waals surface area contributed by atoms with Gasteiger partial charge in [-0.3, -0.25) is 4.79 Å². The van der Waals surface area contributed by atoms with Crippen molar-refractivity contribution in [3.05, 3.63) is 35.4 Å². The fourth-order valence-corrected chi connectivity index (χ4v) is 3.00. The quantitative estimate of drug-likeness (QED) is 0.484. The van der Waals surface area contributed by atoms with Crippen molar-refractivity contribution in [3.8, 4) is 0 Å². The molecule has 1 aliphatic rings. The van der Waals surface area contributed by atoms with Crippen LogP contribution in [0, 0.1) is 5.92 Å². The van der Waals surface area contributed by atoms with Gasteiger partial charge in [-0.05, 0) is 30.4 Å². The predicted molar refractivity (Wildman–Crippen MR) is 86.1 cm³/mol. The van der Waals surface area contributed by atoms with Gasteiger partial charge in [-0.25, -0.2) is 0 Å². The molecule has 1 aromatic rings. The Morgan fingerprint density at radius 1 is 1.05 bits per heavy atom. The number of carbonyl (C=O) groups excluding carboxylic acids is 1. The molecule has 1 heterocycles. The number of carbonyl (C=O) groups is 1. The van der Waals surface area contributed by atoms with Crippen molar-refractivity contribution >= 4 is 5.97 Å². The molecule has 0 aliphatic carbocycles. The van der Waals surface area contributed by atoms with Crippen LogP contribution in [0.5, 0.6) is 0 Å². The van der Waals surface area contributed by atoms with E-state index in [2.05, 4.69) is 38.1 Å². The lowest BCUT2D eigenvalue weighted by molar-refractivity contribution is -0.144. The van der Waals surface area contributed by atoms with E-state index < -0.39 is 0 Å². The predicted octanol–water partition coefficient (Wildman–Crippen LogP) is 5.21. The molecule has 0 aromatic heterocycles. The van der Waals surface area contributed by atoms with Crippen LogP contribution in [0.4, 0.5) is 0 Å². The number of cyclic esters (lactones) is 1. The molecule has 116 valence electrons. The maximum Gasteiger partial charge on any atom is 0.309 e. The van der Waals surface area contributed by atoms with Crippen LogP contribution < -0.4 is 0 Å². The van der Waals surface area contributed by atoms with Crippen molar-refractivity contribution in [3.63, 3.8) is 0 Å². The van der Waals surface area contributed by atoms with E-state index in [9.17, 15) is 4.79 Å². The van der Waals surface area contributed by atoms with Crippen LogP contribution in [0.15, 0.2) is 24.3 Å². The lowest BCUT2D eigenvalue weighted by atomic mass is 9.94. The van der Waals surface area contributed by atoms with Crippen LogP contribution in [0.3, 0.4) is 0 Å². The first-order chi connectivity index (χ1) is 10.2. The summed E-state index contributed by atoms with van der Waals surface area (Å²) in [6, 6.07) is 8.64. The Bertz CT molecular complexity index is 435. The molecular weight excluding hydrogens is 260 g/mol. The SMILES string of the molecule is CCCCCC1CC(c2ccc(CCCC)cc2)OC1=O. The van der Waals surface area contributed by atoms with Gasteiger partial charge in [0.2, 0.25) is 0 Å². The second-order valence-corrected chi connectivity index (χ2v) is 6.20. The molecule has 21 heavy (non-hydrogen) atoms. The summed E-state index contributed by atoms with van der Waals surface area (Å²) in [5.74, 6) is 0.118. The van der Waals surface area contributed by atoms with Gasteiger partial charge in [0.15, 0.2) is 0 Å². The van der Waals surface area contributed by atoms with Crippen molar-refractivity contribution in [2.24, 2.45) is 5.92 Å². The second kappa shape index (κ2) is 8.21. The Morgan fingerprint density at radius 3 is 2.43 bits per heavy atom. The van der Waals surface area contributed by atoms with Gasteiger partial charge in [-0.1, -0.05) is 63.8 Å².